The summed E-state index contributed by atoms with van der Waals surface area (Å²) < 4.78 is 1.01. The number of carbonyl (C=O) groups is 1. The molecule has 0 aliphatic heterocycles. The molecule has 0 aliphatic carbocycles. The van der Waals surface area contributed by atoms with Gasteiger partial charge in [0.1, 0.15) is 6.04 Å². The van der Waals surface area contributed by atoms with Crippen molar-refractivity contribution in [1.29, 1.82) is 0 Å². The lowest BCUT2D eigenvalue weighted by Gasteiger charge is -2.15. The van der Waals surface area contributed by atoms with Crippen molar-refractivity contribution in [3.63, 3.8) is 0 Å². The molecule has 4 heteroatoms. The van der Waals surface area contributed by atoms with Gasteiger partial charge in [0.15, 0.2) is 0 Å². The van der Waals surface area contributed by atoms with E-state index < -0.39 is 0 Å². The summed E-state index contributed by atoms with van der Waals surface area (Å²) in [6.45, 7) is 1.83. The molecule has 0 aromatic heterocycles. The Morgan fingerprint density at radius 1 is 1.00 bits per heavy atom. The molecule has 0 heterocycles. The maximum Gasteiger partial charge on any atom is 0.246 e. The smallest absolute Gasteiger partial charge is 0.246 e. The largest absolute Gasteiger partial charge is 0.374 e. The van der Waals surface area contributed by atoms with Gasteiger partial charge < -0.3 is 10.6 Å². The summed E-state index contributed by atoms with van der Waals surface area (Å²) in [5.41, 5.74) is 1.72. The van der Waals surface area contributed by atoms with Crippen molar-refractivity contribution in [3.8, 4) is 0 Å². The summed E-state index contributed by atoms with van der Waals surface area (Å²) in [6.07, 6.45) is 0. The van der Waals surface area contributed by atoms with Crippen LogP contribution in [0, 0.1) is 0 Å². The van der Waals surface area contributed by atoms with E-state index in [4.69, 9.17) is 0 Å². The van der Waals surface area contributed by atoms with E-state index in [0.29, 0.717) is 0 Å². The van der Waals surface area contributed by atoms with Crippen LogP contribution in [0.2, 0.25) is 0 Å². The summed E-state index contributed by atoms with van der Waals surface area (Å²) in [6, 6.07) is 16.8. The SMILES string of the molecule is CC(Nc1ccc(Br)cc1)C(=O)Nc1ccccc1. The maximum atomic E-state index is 12.0. The molecule has 0 fully saturated rings. The van der Waals surface area contributed by atoms with E-state index in [1.807, 2.05) is 61.5 Å². The maximum absolute atomic E-state index is 12.0. The Hall–Kier alpha value is -1.81. The van der Waals surface area contributed by atoms with E-state index in [0.717, 1.165) is 15.8 Å². The fourth-order valence-electron chi connectivity index (χ4n) is 1.63. The molecule has 2 rings (SSSR count). The zero-order chi connectivity index (χ0) is 13.7. The Balaban J connectivity index is 1.94. The molecule has 1 amide bonds. The zero-order valence-corrected chi connectivity index (χ0v) is 12.1. The molecule has 0 bridgehead atoms. The highest BCUT2D eigenvalue weighted by atomic mass is 79.9. The van der Waals surface area contributed by atoms with Crippen LogP contribution in [0.15, 0.2) is 59.1 Å². The van der Waals surface area contributed by atoms with Gasteiger partial charge in [0, 0.05) is 15.8 Å². The molecule has 1 atom stereocenters. The second-order valence-electron chi connectivity index (χ2n) is 4.23. The van der Waals surface area contributed by atoms with E-state index in [9.17, 15) is 4.79 Å². The molecule has 3 nitrogen and oxygen atoms in total. The standard InChI is InChI=1S/C15H15BrN2O/c1-11(17-14-9-7-12(16)8-10-14)15(19)18-13-5-3-2-4-6-13/h2-11,17H,1H3,(H,18,19). The third kappa shape index (κ3) is 4.10. The van der Waals surface area contributed by atoms with Crippen LogP contribution in [0.3, 0.4) is 0 Å². The molecule has 2 N–H and O–H groups in total. The fourth-order valence-corrected chi connectivity index (χ4v) is 1.90. The molecule has 0 spiro atoms. The Bertz CT molecular complexity index is 540. The number of anilines is 2. The molecule has 1 unspecified atom stereocenters. The molecule has 2 aromatic carbocycles. The Morgan fingerprint density at radius 3 is 2.26 bits per heavy atom. The van der Waals surface area contributed by atoms with Crippen LogP contribution in [0.25, 0.3) is 0 Å². The highest BCUT2D eigenvalue weighted by molar-refractivity contribution is 9.10. The molecule has 98 valence electrons. The van der Waals surface area contributed by atoms with Crippen molar-refractivity contribution in [3.05, 3.63) is 59.1 Å². The van der Waals surface area contributed by atoms with Crippen molar-refractivity contribution in [2.45, 2.75) is 13.0 Å². The second kappa shape index (κ2) is 6.38. The number of nitrogens with one attached hydrogen (secondary N) is 2. The molecular formula is C15H15BrN2O. The number of benzene rings is 2. The van der Waals surface area contributed by atoms with Gasteiger partial charge >= 0.3 is 0 Å². The van der Waals surface area contributed by atoms with Gasteiger partial charge in [-0.1, -0.05) is 34.1 Å². The summed E-state index contributed by atoms with van der Waals surface area (Å²) in [5.74, 6) is -0.0610. The number of rotatable bonds is 4. The van der Waals surface area contributed by atoms with Crippen molar-refractivity contribution in [2.75, 3.05) is 10.6 Å². The third-order valence-electron chi connectivity index (χ3n) is 2.66. The van der Waals surface area contributed by atoms with Crippen LogP contribution in [0.4, 0.5) is 11.4 Å². The molecule has 2 aromatic rings. The monoisotopic (exact) mass is 318 g/mol. The van der Waals surface area contributed by atoms with E-state index in [-0.39, 0.29) is 11.9 Å². The summed E-state index contributed by atoms with van der Waals surface area (Å²) >= 11 is 3.38. The van der Waals surface area contributed by atoms with Gasteiger partial charge in [0.25, 0.3) is 0 Å². The molecule has 0 saturated carbocycles. The van der Waals surface area contributed by atoms with Gasteiger partial charge in [-0.25, -0.2) is 0 Å². The van der Waals surface area contributed by atoms with Crippen molar-refractivity contribution in [2.24, 2.45) is 0 Å². The molecule has 0 aliphatic rings. The number of para-hydroxylation sites is 1. The lowest BCUT2D eigenvalue weighted by atomic mass is 10.2. The van der Waals surface area contributed by atoms with Gasteiger partial charge in [0.2, 0.25) is 5.91 Å². The summed E-state index contributed by atoms with van der Waals surface area (Å²) in [7, 11) is 0. The first-order valence-electron chi connectivity index (χ1n) is 6.03. The van der Waals surface area contributed by atoms with Crippen LogP contribution in [-0.2, 0) is 4.79 Å². The van der Waals surface area contributed by atoms with E-state index >= 15 is 0 Å². The van der Waals surface area contributed by atoms with Gasteiger partial charge in [0.05, 0.1) is 0 Å². The first-order valence-corrected chi connectivity index (χ1v) is 6.82. The number of hydrogen-bond acceptors (Lipinski definition) is 2. The molecule has 0 saturated heterocycles. The van der Waals surface area contributed by atoms with Gasteiger partial charge in [-0.05, 0) is 43.3 Å². The van der Waals surface area contributed by atoms with Gasteiger partial charge in [-0.15, -0.1) is 0 Å². The van der Waals surface area contributed by atoms with E-state index in [1.165, 1.54) is 0 Å². The minimum absolute atomic E-state index is 0.0610. The predicted octanol–water partition coefficient (Wildman–Crippen LogP) is 3.89. The zero-order valence-electron chi connectivity index (χ0n) is 10.6. The predicted molar refractivity (Wildman–Crippen MR) is 82.3 cm³/mol. The van der Waals surface area contributed by atoms with Crippen LogP contribution in [0.5, 0.6) is 0 Å². The molecule has 19 heavy (non-hydrogen) atoms. The fraction of sp³-hybridized carbons (Fsp3) is 0.133. The quantitative estimate of drug-likeness (QED) is 0.898. The van der Waals surface area contributed by atoms with Crippen LogP contribution in [-0.4, -0.2) is 11.9 Å². The molecular weight excluding hydrogens is 304 g/mol. The van der Waals surface area contributed by atoms with Crippen LogP contribution < -0.4 is 10.6 Å². The Kier molecular flexibility index (Phi) is 4.58. The van der Waals surface area contributed by atoms with Gasteiger partial charge in [-0.3, -0.25) is 4.79 Å². The highest BCUT2D eigenvalue weighted by Gasteiger charge is 2.12. The minimum Gasteiger partial charge on any atom is -0.374 e. The lowest BCUT2D eigenvalue weighted by Crippen LogP contribution is -2.31. The average Bonchev–Trinajstić information content (AvgIpc) is 2.42. The van der Waals surface area contributed by atoms with E-state index in [1.54, 1.807) is 0 Å². The highest BCUT2D eigenvalue weighted by Crippen LogP contribution is 2.15. The number of amides is 1. The first kappa shape index (κ1) is 13.6. The van der Waals surface area contributed by atoms with Crippen LogP contribution in [0.1, 0.15) is 6.92 Å². The molecule has 0 radical (unpaired) electrons. The summed E-state index contributed by atoms with van der Waals surface area (Å²) in [5, 5.41) is 6.02. The van der Waals surface area contributed by atoms with Gasteiger partial charge in [-0.2, -0.15) is 0 Å². The van der Waals surface area contributed by atoms with Crippen LogP contribution >= 0.6 is 15.9 Å². The van der Waals surface area contributed by atoms with Crippen molar-refractivity contribution < 1.29 is 4.79 Å². The first-order chi connectivity index (χ1) is 9.15. The van der Waals surface area contributed by atoms with Crippen molar-refractivity contribution >= 4 is 33.2 Å². The topological polar surface area (TPSA) is 41.1 Å². The van der Waals surface area contributed by atoms with Crippen molar-refractivity contribution in [1.82, 2.24) is 0 Å². The number of carbonyl (C=O) groups excluding carboxylic acids is 1. The summed E-state index contributed by atoms with van der Waals surface area (Å²) in [4.78, 5) is 12.0. The Morgan fingerprint density at radius 2 is 1.63 bits per heavy atom. The Labute approximate surface area is 121 Å². The third-order valence-corrected chi connectivity index (χ3v) is 3.19. The average molecular weight is 319 g/mol. The normalized spacial score (nSPS) is 11.7. The number of halogens is 1. The van der Waals surface area contributed by atoms with E-state index in [2.05, 4.69) is 26.6 Å². The second-order valence-corrected chi connectivity index (χ2v) is 5.14. The lowest BCUT2D eigenvalue weighted by molar-refractivity contribution is -0.116. The minimum atomic E-state index is -0.304. The number of hydrogen-bond donors (Lipinski definition) is 2.